The molecule has 2 amide bonds. The number of hydrogen-bond donors (Lipinski definition) is 2. The van der Waals surface area contributed by atoms with Gasteiger partial charge in [-0.1, -0.05) is 6.92 Å². The van der Waals surface area contributed by atoms with Gasteiger partial charge in [0.1, 0.15) is 0 Å². The van der Waals surface area contributed by atoms with Crippen LogP contribution in [0, 0.1) is 11.8 Å². The van der Waals surface area contributed by atoms with Crippen LogP contribution in [0.3, 0.4) is 0 Å². The van der Waals surface area contributed by atoms with Gasteiger partial charge in [0.15, 0.2) is 0 Å². The number of nitrogens with two attached hydrogens (primary N) is 2. The highest BCUT2D eigenvalue weighted by atomic mass is 16.2. The first-order valence-electron chi connectivity index (χ1n) is 4.88. The maximum atomic E-state index is 10.8. The van der Waals surface area contributed by atoms with E-state index in [1.54, 1.807) is 4.90 Å². The molecule has 0 bridgehead atoms. The van der Waals surface area contributed by atoms with Crippen molar-refractivity contribution in [2.75, 3.05) is 19.6 Å². The molecule has 13 heavy (non-hydrogen) atoms. The van der Waals surface area contributed by atoms with Gasteiger partial charge in [0.2, 0.25) is 0 Å². The number of carbonyl (C=O) groups is 1. The Labute approximate surface area is 79.3 Å². The van der Waals surface area contributed by atoms with Crippen LogP contribution in [0.5, 0.6) is 0 Å². The van der Waals surface area contributed by atoms with E-state index >= 15 is 0 Å². The Hall–Kier alpha value is -0.770. The topological polar surface area (TPSA) is 72.3 Å². The highest BCUT2D eigenvalue weighted by Gasteiger charge is 2.25. The third-order valence-electron chi connectivity index (χ3n) is 2.74. The molecule has 1 aliphatic heterocycles. The summed E-state index contributed by atoms with van der Waals surface area (Å²) in [5.41, 5.74) is 10.7. The van der Waals surface area contributed by atoms with Crippen LogP contribution in [0.4, 0.5) is 4.79 Å². The minimum absolute atomic E-state index is 0.289. The average molecular weight is 185 g/mol. The third-order valence-corrected chi connectivity index (χ3v) is 2.74. The van der Waals surface area contributed by atoms with Gasteiger partial charge in [0.05, 0.1) is 0 Å². The lowest BCUT2D eigenvalue weighted by Gasteiger charge is -2.15. The van der Waals surface area contributed by atoms with Gasteiger partial charge in [0, 0.05) is 13.1 Å². The second kappa shape index (κ2) is 4.46. The number of hydrogen-bond acceptors (Lipinski definition) is 2. The van der Waals surface area contributed by atoms with Crippen molar-refractivity contribution in [3.05, 3.63) is 0 Å². The molecule has 1 saturated heterocycles. The van der Waals surface area contributed by atoms with Crippen LogP contribution in [-0.4, -0.2) is 30.6 Å². The average Bonchev–Trinajstić information content (AvgIpc) is 2.52. The lowest BCUT2D eigenvalue weighted by Crippen LogP contribution is -2.33. The maximum absolute atomic E-state index is 10.8. The summed E-state index contributed by atoms with van der Waals surface area (Å²) < 4.78 is 0. The number of likely N-dealkylation sites (tertiary alicyclic amines) is 1. The Balaban J connectivity index is 2.29. The Morgan fingerprint density at radius 2 is 2.38 bits per heavy atom. The van der Waals surface area contributed by atoms with Gasteiger partial charge in [-0.3, -0.25) is 0 Å². The molecule has 4 heteroatoms. The maximum Gasteiger partial charge on any atom is 0.314 e. The molecule has 1 heterocycles. The molecule has 4 N–H and O–H groups in total. The highest BCUT2D eigenvalue weighted by molar-refractivity contribution is 5.72. The zero-order valence-corrected chi connectivity index (χ0v) is 8.20. The van der Waals surface area contributed by atoms with Crippen molar-refractivity contribution in [3.8, 4) is 0 Å². The van der Waals surface area contributed by atoms with Crippen LogP contribution in [-0.2, 0) is 0 Å². The number of urea groups is 1. The van der Waals surface area contributed by atoms with Crippen molar-refractivity contribution in [2.45, 2.75) is 19.8 Å². The smallest absolute Gasteiger partial charge is 0.314 e. The van der Waals surface area contributed by atoms with Crippen LogP contribution in [0.25, 0.3) is 0 Å². The van der Waals surface area contributed by atoms with Gasteiger partial charge in [-0.05, 0) is 31.2 Å². The number of primary amides is 1. The summed E-state index contributed by atoms with van der Waals surface area (Å²) in [4.78, 5) is 12.5. The largest absolute Gasteiger partial charge is 0.351 e. The highest BCUT2D eigenvalue weighted by Crippen LogP contribution is 2.22. The molecule has 0 aromatic rings. The first kappa shape index (κ1) is 10.3. The second-order valence-electron chi connectivity index (χ2n) is 4.02. The van der Waals surface area contributed by atoms with Crippen LogP contribution in [0.1, 0.15) is 19.8 Å². The molecule has 0 radical (unpaired) electrons. The first-order chi connectivity index (χ1) is 6.13. The van der Waals surface area contributed by atoms with E-state index in [4.69, 9.17) is 11.5 Å². The zero-order chi connectivity index (χ0) is 9.84. The fraction of sp³-hybridized carbons (Fsp3) is 0.889. The van der Waals surface area contributed by atoms with Crippen LogP contribution in [0.2, 0.25) is 0 Å². The fourth-order valence-electron chi connectivity index (χ4n) is 1.89. The fourth-order valence-corrected chi connectivity index (χ4v) is 1.89. The monoisotopic (exact) mass is 185 g/mol. The predicted octanol–water partition coefficient (Wildman–Crippen LogP) is 0.372. The van der Waals surface area contributed by atoms with Crippen molar-refractivity contribution in [1.29, 1.82) is 0 Å². The van der Waals surface area contributed by atoms with E-state index in [0.717, 1.165) is 32.5 Å². The molecule has 2 atom stereocenters. The summed E-state index contributed by atoms with van der Waals surface area (Å²) in [6, 6.07) is -0.289. The van der Waals surface area contributed by atoms with E-state index in [1.165, 1.54) is 0 Å². The molecule has 0 aromatic heterocycles. The van der Waals surface area contributed by atoms with Gasteiger partial charge >= 0.3 is 6.03 Å². The molecule has 0 spiro atoms. The van der Waals surface area contributed by atoms with Gasteiger partial charge in [-0.15, -0.1) is 0 Å². The number of amides is 2. The lowest BCUT2D eigenvalue weighted by atomic mass is 9.95. The molecule has 2 unspecified atom stereocenters. The van der Waals surface area contributed by atoms with Crippen LogP contribution >= 0.6 is 0 Å². The van der Waals surface area contributed by atoms with Gasteiger partial charge < -0.3 is 16.4 Å². The minimum atomic E-state index is -0.289. The summed E-state index contributed by atoms with van der Waals surface area (Å²) in [6.45, 7) is 4.51. The summed E-state index contributed by atoms with van der Waals surface area (Å²) in [5.74, 6) is 1.16. The summed E-state index contributed by atoms with van der Waals surface area (Å²) in [6.07, 6.45) is 2.19. The van der Waals surface area contributed by atoms with Gasteiger partial charge in [0.25, 0.3) is 0 Å². The van der Waals surface area contributed by atoms with Crippen molar-refractivity contribution >= 4 is 6.03 Å². The standard InChI is InChI=1S/C9H19N3O/c1-7(5-10)4-8-2-3-12(6-8)9(11)13/h7-8H,2-6,10H2,1H3,(H2,11,13). The molecule has 0 aromatic carbocycles. The Bertz CT molecular complexity index is 184. The van der Waals surface area contributed by atoms with Crippen molar-refractivity contribution in [3.63, 3.8) is 0 Å². The summed E-state index contributed by atoms with van der Waals surface area (Å²) in [7, 11) is 0. The van der Waals surface area contributed by atoms with Crippen molar-refractivity contribution in [2.24, 2.45) is 23.3 Å². The van der Waals surface area contributed by atoms with Gasteiger partial charge in [-0.25, -0.2) is 4.79 Å². The Morgan fingerprint density at radius 3 is 2.85 bits per heavy atom. The minimum Gasteiger partial charge on any atom is -0.351 e. The lowest BCUT2D eigenvalue weighted by molar-refractivity contribution is 0.216. The van der Waals surface area contributed by atoms with Crippen molar-refractivity contribution in [1.82, 2.24) is 4.90 Å². The first-order valence-corrected chi connectivity index (χ1v) is 4.88. The Kier molecular flexibility index (Phi) is 3.54. The third kappa shape index (κ3) is 2.88. The quantitative estimate of drug-likeness (QED) is 0.667. The van der Waals surface area contributed by atoms with Crippen molar-refractivity contribution < 1.29 is 4.79 Å². The Morgan fingerprint density at radius 1 is 1.69 bits per heavy atom. The van der Waals surface area contributed by atoms with E-state index in [-0.39, 0.29) is 6.03 Å². The molecule has 0 aliphatic carbocycles. The molecule has 0 saturated carbocycles. The number of nitrogens with zero attached hydrogens (tertiary/aromatic N) is 1. The number of rotatable bonds is 3. The molecule has 4 nitrogen and oxygen atoms in total. The summed E-state index contributed by atoms with van der Waals surface area (Å²) >= 11 is 0. The SMILES string of the molecule is CC(CN)CC1CCN(C(N)=O)C1. The van der Waals surface area contributed by atoms with E-state index in [1.807, 2.05) is 0 Å². The van der Waals surface area contributed by atoms with Crippen LogP contribution < -0.4 is 11.5 Å². The van der Waals surface area contributed by atoms with E-state index in [0.29, 0.717) is 11.8 Å². The molecule has 1 rings (SSSR count). The molecular formula is C9H19N3O. The normalized spacial score (nSPS) is 24.8. The van der Waals surface area contributed by atoms with E-state index < -0.39 is 0 Å². The van der Waals surface area contributed by atoms with E-state index in [9.17, 15) is 4.79 Å². The second-order valence-corrected chi connectivity index (χ2v) is 4.02. The molecular weight excluding hydrogens is 166 g/mol. The predicted molar refractivity (Wildman–Crippen MR) is 52.1 cm³/mol. The number of carbonyl (C=O) groups excluding carboxylic acids is 1. The van der Waals surface area contributed by atoms with E-state index in [2.05, 4.69) is 6.92 Å². The molecule has 1 aliphatic rings. The molecule has 1 fully saturated rings. The molecule has 76 valence electrons. The van der Waals surface area contributed by atoms with Gasteiger partial charge in [-0.2, -0.15) is 0 Å². The zero-order valence-electron chi connectivity index (χ0n) is 8.20. The summed E-state index contributed by atoms with van der Waals surface area (Å²) in [5, 5.41) is 0. The van der Waals surface area contributed by atoms with Crippen LogP contribution in [0.15, 0.2) is 0 Å².